The van der Waals surface area contributed by atoms with Gasteiger partial charge in [0.05, 0.1) is 16.3 Å². The van der Waals surface area contributed by atoms with Crippen LogP contribution in [0.4, 0.5) is 0 Å². The second-order valence-corrected chi connectivity index (χ2v) is 19.9. The standard InChI is InChI=1S/C18H38O5Si3/c1-8-17(20)21-16-10-9-14(13-15(16)19)11-12-18(24,22-25(2,3)4)23-26(5,6)7/h8,14-16,19H,1,9-13H2,2-7,24H3. The van der Waals surface area contributed by atoms with E-state index in [0.717, 1.165) is 35.6 Å². The Balaban J connectivity index is 2.64. The summed E-state index contributed by atoms with van der Waals surface area (Å²) in [5.74, 6) is -0.0503. The molecule has 0 aliphatic heterocycles. The van der Waals surface area contributed by atoms with E-state index in [2.05, 4.69) is 45.9 Å². The van der Waals surface area contributed by atoms with Gasteiger partial charge < -0.3 is 18.7 Å². The molecule has 5 nitrogen and oxygen atoms in total. The molecule has 152 valence electrons. The van der Waals surface area contributed by atoms with Crippen molar-refractivity contribution < 1.29 is 23.5 Å². The van der Waals surface area contributed by atoms with Crippen LogP contribution in [0, 0.1) is 5.92 Å². The quantitative estimate of drug-likeness (QED) is 0.270. The van der Waals surface area contributed by atoms with Crippen LogP contribution in [0.2, 0.25) is 39.3 Å². The molecule has 1 aliphatic carbocycles. The highest BCUT2D eigenvalue weighted by Gasteiger charge is 2.38. The Morgan fingerprint density at radius 1 is 1.19 bits per heavy atom. The highest BCUT2D eigenvalue weighted by Crippen LogP contribution is 2.34. The van der Waals surface area contributed by atoms with Crippen LogP contribution >= 0.6 is 0 Å². The van der Waals surface area contributed by atoms with E-state index >= 15 is 0 Å². The molecule has 0 bridgehead atoms. The third-order valence-corrected chi connectivity index (χ3v) is 8.16. The summed E-state index contributed by atoms with van der Waals surface area (Å²) in [7, 11) is -2.59. The van der Waals surface area contributed by atoms with E-state index in [1.54, 1.807) is 0 Å². The van der Waals surface area contributed by atoms with Crippen molar-refractivity contribution in [3.05, 3.63) is 12.7 Å². The van der Waals surface area contributed by atoms with Crippen LogP contribution in [0.15, 0.2) is 12.7 Å². The SMILES string of the molecule is C=CC(=O)OC1CCC(CCC([SiH3])(O[Si](C)(C)C)O[Si](C)(C)C)CC1O. The van der Waals surface area contributed by atoms with Gasteiger partial charge in [-0.15, -0.1) is 0 Å². The number of ether oxygens (including phenoxy) is 1. The number of aliphatic hydroxyl groups excluding tert-OH is 1. The molecule has 0 saturated heterocycles. The topological polar surface area (TPSA) is 65.0 Å². The van der Waals surface area contributed by atoms with Gasteiger partial charge in [-0.05, 0) is 77.3 Å². The smallest absolute Gasteiger partial charge is 0.330 e. The van der Waals surface area contributed by atoms with Crippen molar-refractivity contribution in [3.8, 4) is 0 Å². The lowest BCUT2D eigenvalue weighted by atomic mass is 9.82. The van der Waals surface area contributed by atoms with E-state index in [1.807, 2.05) is 0 Å². The highest BCUT2D eigenvalue weighted by molar-refractivity contribution is 6.71. The number of rotatable bonds is 9. The molecule has 0 aromatic carbocycles. The molecule has 3 atom stereocenters. The maximum atomic E-state index is 11.4. The average molecular weight is 419 g/mol. The molecule has 8 heteroatoms. The molecular formula is C18H38O5Si3. The Hall–Kier alpha value is -0.259. The molecule has 1 saturated carbocycles. The van der Waals surface area contributed by atoms with Crippen molar-refractivity contribution in [1.29, 1.82) is 0 Å². The van der Waals surface area contributed by atoms with Crippen molar-refractivity contribution in [2.24, 2.45) is 5.92 Å². The largest absolute Gasteiger partial charge is 0.456 e. The van der Waals surface area contributed by atoms with Crippen LogP contribution in [0.1, 0.15) is 32.1 Å². The fourth-order valence-corrected chi connectivity index (χ4v) is 10.6. The molecule has 1 aliphatic rings. The van der Waals surface area contributed by atoms with E-state index in [9.17, 15) is 9.90 Å². The van der Waals surface area contributed by atoms with Gasteiger partial charge in [0.2, 0.25) is 0 Å². The molecule has 1 N–H and O–H groups in total. The molecule has 1 fully saturated rings. The first-order valence-corrected chi connectivity index (χ1v) is 17.5. The van der Waals surface area contributed by atoms with Gasteiger partial charge in [-0.2, -0.15) is 0 Å². The minimum absolute atomic E-state index is 0.408. The van der Waals surface area contributed by atoms with Crippen LogP contribution in [0.3, 0.4) is 0 Å². The molecule has 0 aromatic heterocycles. The summed E-state index contributed by atoms with van der Waals surface area (Å²) in [4.78, 5) is 11.4. The number of esters is 1. The third-order valence-electron chi connectivity index (χ3n) is 4.35. The van der Waals surface area contributed by atoms with E-state index in [1.165, 1.54) is 0 Å². The Kier molecular flexibility index (Phi) is 8.50. The third kappa shape index (κ3) is 9.10. The molecule has 0 aromatic rings. The average Bonchev–Trinajstić information content (AvgIpc) is 2.43. The minimum Gasteiger partial charge on any atom is -0.456 e. The van der Waals surface area contributed by atoms with Crippen LogP contribution in [-0.4, -0.2) is 55.6 Å². The van der Waals surface area contributed by atoms with Crippen LogP contribution < -0.4 is 0 Å². The first kappa shape index (κ1) is 23.8. The van der Waals surface area contributed by atoms with Gasteiger partial charge in [0.15, 0.2) is 16.6 Å². The molecule has 1 rings (SSSR count). The summed E-state index contributed by atoms with van der Waals surface area (Å²) in [6, 6.07) is 0. The summed E-state index contributed by atoms with van der Waals surface area (Å²) in [5, 5.41) is 10.3. The molecule has 0 radical (unpaired) electrons. The minimum atomic E-state index is -1.71. The summed E-state index contributed by atoms with van der Waals surface area (Å²) in [6.07, 6.45) is 4.29. The lowest BCUT2D eigenvalue weighted by Crippen LogP contribution is -2.51. The fraction of sp³-hybridized carbons (Fsp3) is 0.833. The molecule has 0 amide bonds. The zero-order valence-corrected chi connectivity index (χ0v) is 21.6. The highest BCUT2D eigenvalue weighted by atomic mass is 28.4. The predicted molar refractivity (Wildman–Crippen MR) is 114 cm³/mol. The first-order valence-electron chi connectivity index (χ1n) is 9.64. The monoisotopic (exact) mass is 418 g/mol. The number of carbonyl (C=O) groups is 1. The van der Waals surface area contributed by atoms with Crippen molar-refractivity contribution in [1.82, 2.24) is 0 Å². The van der Waals surface area contributed by atoms with Gasteiger partial charge in [0, 0.05) is 6.08 Å². The molecule has 3 unspecified atom stereocenters. The maximum Gasteiger partial charge on any atom is 0.330 e. The van der Waals surface area contributed by atoms with Crippen molar-refractivity contribution in [2.75, 3.05) is 0 Å². The summed E-state index contributed by atoms with van der Waals surface area (Å²) < 4.78 is 18.2. The summed E-state index contributed by atoms with van der Waals surface area (Å²) in [6.45, 7) is 16.6. The molecular weight excluding hydrogens is 380 g/mol. The van der Waals surface area contributed by atoms with Gasteiger partial charge in [-0.3, -0.25) is 0 Å². The Morgan fingerprint density at radius 2 is 1.73 bits per heavy atom. The van der Waals surface area contributed by atoms with Crippen molar-refractivity contribution in [2.45, 2.75) is 89.0 Å². The number of aliphatic hydroxyl groups is 1. The van der Waals surface area contributed by atoms with E-state index < -0.39 is 40.2 Å². The number of hydrogen-bond acceptors (Lipinski definition) is 5. The predicted octanol–water partition coefficient (Wildman–Crippen LogP) is 2.75. The maximum absolute atomic E-state index is 11.4. The van der Waals surface area contributed by atoms with Crippen LogP contribution in [0.5, 0.6) is 0 Å². The van der Waals surface area contributed by atoms with Gasteiger partial charge in [0.25, 0.3) is 0 Å². The van der Waals surface area contributed by atoms with Crippen molar-refractivity contribution in [3.63, 3.8) is 0 Å². The zero-order chi connectivity index (χ0) is 20.2. The summed E-state index contributed by atoms with van der Waals surface area (Å²) >= 11 is 0. The van der Waals surface area contributed by atoms with Crippen LogP contribution in [-0.2, 0) is 18.4 Å². The molecule has 0 heterocycles. The Morgan fingerprint density at radius 3 is 2.15 bits per heavy atom. The van der Waals surface area contributed by atoms with E-state index in [4.69, 9.17) is 13.6 Å². The van der Waals surface area contributed by atoms with Crippen molar-refractivity contribution >= 4 is 32.8 Å². The zero-order valence-electron chi connectivity index (χ0n) is 17.6. The second kappa shape index (κ2) is 9.29. The summed E-state index contributed by atoms with van der Waals surface area (Å²) in [5.41, 5.74) is -0.425. The van der Waals surface area contributed by atoms with Gasteiger partial charge in [-0.1, -0.05) is 6.58 Å². The van der Waals surface area contributed by atoms with E-state index in [-0.39, 0.29) is 0 Å². The number of carbonyl (C=O) groups excluding carboxylic acids is 1. The molecule has 26 heavy (non-hydrogen) atoms. The van der Waals surface area contributed by atoms with E-state index in [0.29, 0.717) is 18.8 Å². The Bertz CT molecular complexity index is 468. The number of hydrogen-bond donors (Lipinski definition) is 1. The lowest BCUT2D eigenvalue weighted by molar-refractivity contribution is -0.153. The van der Waals surface area contributed by atoms with Crippen LogP contribution in [0.25, 0.3) is 0 Å². The first-order chi connectivity index (χ1) is 11.7. The van der Waals surface area contributed by atoms with Gasteiger partial charge in [-0.25, -0.2) is 4.79 Å². The lowest BCUT2D eigenvalue weighted by Gasteiger charge is -2.42. The second-order valence-electron chi connectivity index (χ2n) is 9.53. The normalized spacial score (nSPS) is 25.1. The van der Waals surface area contributed by atoms with Gasteiger partial charge >= 0.3 is 5.97 Å². The fourth-order valence-electron chi connectivity index (χ4n) is 3.69. The molecule has 0 spiro atoms. The van der Waals surface area contributed by atoms with Gasteiger partial charge in [0.1, 0.15) is 11.5 Å². The Labute approximate surface area is 164 Å².